The molecule has 1 unspecified atom stereocenters. The summed E-state index contributed by atoms with van der Waals surface area (Å²) >= 11 is 1.60. The Morgan fingerprint density at radius 2 is 1.57 bits per heavy atom. The highest BCUT2D eigenvalue weighted by atomic mass is 32.1. The molecule has 0 saturated carbocycles. The first kappa shape index (κ1) is 25.9. The number of aliphatic hydroxyl groups is 1. The van der Waals surface area contributed by atoms with Crippen LogP contribution in [0.5, 0.6) is 0 Å². The van der Waals surface area contributed by atoms with Crippen molar-refractivity contribution in [1.82, 2.24) is 10.7 Å². The number of nitrogens with zero attached hydrogens (tertiary/aromatic N) is 1. The number of anilines is 1. The van der Waals surface area contributed by atoms with Crippen molar-refractivity contribution in [3.8, 4) is 10.4 Å². The van der Waals surface area contributed by atoms with Gasteiger partial charge in [0, 0.05) is 17.5 Å². The van der Waals surface area contributed by atoms with Crippen molar-refractivity contribution in [3.05, 3.63) is 77.2 Å². The van der Waals surface area contributed by atoms with E-state index in [4.69, 9.17) is 4.74 Å². The SMILES string of the molecule is CNC(=O)C(C)(O)c1ccc(C(=O)NN(C(=O)OC(C)(C)C)c2ccc(-c3cccs3)cc2)cc1. The van der Waals surface area contributed by atoms with E-state index >= 15 is 0 Å². The van der Waals surface area contributed by atoms with Gasteiger partial charge < -0.3 is 15.2 Å². The van der Waals surface area contributed by atoms with Crippen LogP contribution in [0.15, 0.2) is 66.0 Å². The second-order valence-corrected chi connectivity index (χ2v) is 9.96. The molecule has 0 aliphatic carbocycles. The van der Waals surface area contributed by atoms with Crippen LogP contribution in [0.2, 0.25) is 0 Å². The van der Waals surface area contributed by atoms with Gasteiger partial charge in [-0.1, -0.05) is 30.3 Å². The van der Waals surface area contributed by atoms with Crippen molar-refractivity contribution in [1.29, 1.82) is 0 Å². The molecular formula is C26H29N3O5S. The van der Waals surface area contributed by atoms with Gasteiger partial charge in [-0.2, -0.15) is 5.01 Å². The zero-order valence-electron chi connectivity index (χ0n) is 20.3. The molecule has 35 heavy (non-hydrogen) atoms. The molecule has 184 valence electrons. The lowest BCUT2D eigenvalue weighted by Crippen LogP contribution is -2.48. The van der Waals surface area contributed by atoms with Gasteiger partial charge in [-0.3, -0.25) is 15.0 Å². The van der Waals surface area contributed by atoms with Crippen LogP contribution in [-0.2, 0) is 15.1 Å². The number of benzene rings is 2. The Kier molecular flexibility index (Phi) is 7.62. The van der Waals surface area contributed by atoms with E-state index in [0.29, 0.717) is 11.3 Å². The summed E-state index contributed by atoms with van der Waals surface area (Å²) in [6, 6.07) is 17.0. The average Bonchev–Trinajstić information content (AvgIpc) is 3.36. The molecule has 3 aromatic rings. The zero-order chi connectivity index (χ0) is 25.8. The lowest BCUT2D eigenvalue weighted by Gasteiger charge is -2.27. The standard InChI is InChI=1S/C26H29N3O5S/c1-25(2,3)34-24(32)29(20-14-10-17(11-15-20)21-7-6-16-35-21)28-22(30)18-8-12-19(13-9-18)26(4,33)23(31)27-5/h6-16,33H,1-5H3,(H,27,31)(H,28,30). The van der Waals surface area contributed by atoms with Gasteiger partial charge in [0.2, 0.25) is 0 Å². The second-order valence-electron chi connectivity index (χ2n) is 9.01. The van der Waals surface area contributed by atoms with Gasteiger partial charge in [-0.05, 0) is 74.5 Å². The fourth-order valence-corrected chi connectivity index (χ4v) is 3.96. The lowest BCUT2D eigenvalue weighted by molar-refractivity contribution is -0.138. The van der Waals surface area contributed by atoms with Crippen LogP contribution in [0.4, 0.5) is 10.5 Å². The number of carbonyl (C=O) groups is 3. The number of ether oxygens (including phenoxy) is 1. The molecule has 0 radical (unpaired) electrons. The highest BCUT2D eigenvalue weighted by Crippen LogP contribution is 2.27. The fourth-order valence-electron chi connectivity index (χ4n) is 3.23. The van der Waals surface area contributed by atoms with E-state index in [1.165, 1.54) is 38.2 Å². The fraction of sp³-hybridized carbons (Fsp3) is 0.269. The van der Waals surface area contributed by atoms with Gasteiger partial charge in [-0.15, -0.1) is 11.3 Å². The Balaban J connectivity index is 1.85. The van der Waals surface area contributed by atoms with Crippen molar-refractivity contribution in [2.45, 2.75) is 38.9 Å². The van der Waals surface area contributed by atoms with Gasteiger partial charge in [0.25, 0.3) is 11.8 Å². The maximum absolute atomic E-state index is 13.0. The summed E-state index contributed by atoms with van der Waals surface area (Å²) in [5.74, 6) is -1.14. The number of hydrogen-bond acceptors (Lipinski definition) is 6. The Bertz CT molecular complexity index is 1180. The summed E-state index contributed by atoms with van der Waals surface area (Å²) in [4.78, 5) is 39.0. The third-order valence-corrected chi connectivity index (χ3v) is 6.02. The molecule has 1 atom stereocenters. The number of hydrazine groups is 1. The number of likely N-dealkylation sites (N-methyl/N-ethyl adjacent to an activating group) is 1. The van der Waals surface area contributed by atoms with Crippen molar-refractivity contribution in [2.24, 2.45) is 0 Å². The van der Waals surface area contributed by atoms with Crippen LogP contribution in [0, 0.1) is 0 Å². The van der Waals surface area contributed by atoms with E-state index in [0.717, 1.165) is 15.4 Å². The van der Waals surface area contributed by atoms with Gasteiger partial charge in [0.05, 0.1) is 5.69 Å². The summed E-state index contributed by atoms with van der Waals surface area (Å²) in [6.07, 6.45) is -0.742. The summed E-state index contributed by atoms with van der Waals surface area (Å²) in [6.45, 7) is 6.58. The molecule has 1 aromatic heterocycles. The molecule has 3 N–H and O–H groups in total. The Morgan fingerprint density at radius 3 is 2.09 bits per heavy atom. The topological polar surface area (TPSA) is 108 Å². The monoisotopic (exact) mass is 495 g/mol. The summed E-state index contributed by atoms with van der Waals surface area (Å²) in [5, 5.41) is 15.9. The van der Waals surface area contributed by atoms with Crippen LogP contribution in [0.1, 0.15) is 43.6 Å². The van der Waals surface area contributed by atoms with Crippen molar-refractivity contribution in [3.63, 3.8) is 0 Å². The van der Waals surface area contributed by atoms with Crippen molar-refractivity contribution >= 4 is 34.9 Å². The second kappa shape index (κ2) is 10.3. The lowest BCUT2D eigenvalue weighted by atomic mass is 9.94. The third-order valence-electron chi connectivity index (χ3n) is 5.10. The molecule has 2 aromatic carbocycles. The molecule has 0 spiro atoms. The molecule has 3 amide bonds. The largest absolute Gasteiger partial charge is 0.442 e. The predicted octanol–water partition coefficient (Wildman–Crippen LogP) is 4.46. The molecule has 0 aliphatic heterocycles. The molecular weight excluding hydrogens is 466 g/mol. The minimum Gasteiger partial charge on any atom is -0.442 e. The minimum absolute atomic E-state index is 0.227. The van der Waals surface area contributed by atoms with E-state index in [-0.39, 0.29) is 5.56 Å². The predicted molar refractivity (Wildman–Crippen MR) is 136 cm³/mol. The van der Waals surface area contributed by atoms with Crippen LogP contribution >= 0.6 is 11.3 Å². The van der Waals surface area contributed by atoms with Crippen LogP contribution in [0.25, 0.3) is 10.4 Å². The van der Waals surface area contributed by atoms with E-state index in [1.54, 1.807) is 44.2 Å². The number of thiophene rings is 1. The van der Waals surface area contributed by atoms with Crippen LogP contribution in [0.3, 0.4) is 0 Å². The summed E-state index contributed by atoms with van der Waals surface area (Å²) in [7, 11) is 1.43. The molecule has 3 rings (SSSR count). The first-order valence-electron chi connectivity index (χ1n) is 11.0. The number of hydrogen-bond donors (Lipinski definition) is 3. The number of carbonyl (C=O) groups excluding carboxylic acids is 3. The summed E-state index contributed by atoms with van der Waals surface area (Å²) < 4.78 is 5.49. The van der Waals surface area contributed by atoms with Crippen molar-refractivity contribution < 1.29 is 24.2 Å². The van der Waals surface area contributed by atoms with Gasteiger partial charge in [0.1, 0.15) is 5.60 Å². The van der Waals surface area contributed by atoms with E-state index in [1.807, 2.05) is 29.6 Å². The highest BCUT2D eigenvalue weighted by Gasteiger charge is 2.32. The molecule has 1 heterocycles. The number of rotatable bonds is 5. The number of amides is 3. The third kappa shape index (κ3) is 6.26. The van der Waals surface area contributed by atoms with Crippen molar-refractivity contribution in [2.75, 3.05) is 12.1 Å². The van der Waals surface area contributed by atoms with Crippen LogP contribution < -0.4 is 15.8 Å². The maximum atomic E-state index is 13.0. The van der Waals surface area contributed by atoms with Crippen LogP contribution in [-0.4, -0.2) is 35.7 Å². The Morgan fingerprint density at radius 1 is 0.943 bits per heavy atom. The molecule has 8 nitrogen and oxygen atoms in total. The highest BCUT2D eigenvalue weighted by molar-refractivity contribution is 7.13. The Labute approximate surface area is 208 Å². The zero-order valence-corrected chi connectivity index (χ0v) is 21.1. The van der Waals surface area contributed by atoms with Gasteiger partial charge in [0.15, 0.2) is 5.60 Å². The van der Waals surface area contributed by atoms with Gasteiger partial charge in [-0.25, -0.2) is 4.79 Å². The maximum Gasteiger partial charge on any atom is 0.434 e. The first-order valence-corrected chi connectivity index (χ1v) is 11.8. The minimum atomic E-state index is -1.75. The quantitative estimate of drug-likeness (QED) is 0.453. The molecule has 0 bridgehead atoms. The summed E-state index contributed by atoms with van der Waals surface area (Å²) in [5.41, 5.74) is 2.03. The Hall–Kier alpha value is -3.69. The van der Waals surface area contributed by atoms with E-state index < -0.39 is 29.1 Å². The molecule has 0 saturated heterocycles. The average molecular weight is 496 g/mol. The molecule has 0 aliphatic rings. The normalized spacial score (nSPS) is 12.9. The smallest absolute Gasteiger partial charge is 0.434 e. The molecule has 9 heteroatoms. The molecule has 0 fully saturated rings. The van der Waals surface area contributed by atoms with E-state index in [9.17, 15) is 19.5 Å². The van der Waals surface area contributed by atoms with E-state index in [2.05, 4.69) is 10.7 Å². The number of nitrogens with one attached hydrogen (secondary N) is 2. The van der Waals surface area contributed by atoms with Gasteiger partial charge >= 0.3 is 6.09 Å². The first-order chi connectivity index (χ1) is 16.4.